The van der Waals surface area contributed by atoms with Gasteiger partial charge in [-0.1, -0.05) is 30.2 Å². The van der Waals surface area contributed by atoms with Gasteiger partial charge in [0.15, 0.2) is 0 Å². The Labute approximate surface area is 94.4 Å². The molecule has 0 aliphatic heterocycles. The van der Waals surface area contributed by atoms with Crippen LogP contribution in [-0.4, -0.2) is 4.98 Å². The molecule has 0 fully saturated rings. The molecule has 2 heteroatoms. The summed E-state index contributed by atoms with van der Waals surface area (Å²) in [4.78, 5) is 3.49. The first-order valence-corrected chi connectivity index (χ1v) is 6.02. The number of aromatic amines is 1. The van der Waals surface area contributed by atoms with E-state index in [1.165, 1.54) is 48.7 Å². The number of benzene rings is 1. The van der Waals surface area contributed by atoms with Crippen molar-refractivity contribution in [1.29, 1.82) is 0 Å². The topological polar surface area (TPSA) is 15.8 Å². The van der Waals surface area contributed by atoms with Gasteiger partial charge in [0.25, 0.3) is 0 Å². The number of hydrogen-bond donors (Lipinski definition) is 1. The van der Waals surface area contributed by atoms with Crippen LogP contribution in [0.15, 0.2) is 18.2 Å². The van der Waals surface area contributed by atoms with Gasteiger partial charge in [-0.05, 0) is 37.3 Å². The SMILES string of the molecule is Clc1cccc2c3c([nH]c12)CCCCC3. The summed E-state index contributed by atoms with van der Waals surface area (Å²) in [5, 5.41) is 2.18. The zero-order valence-corrected chi connectivity index (χ0v) is 9.40. The Morgan fingerprint density at radius 2 is 1.93 bits per heavy atom. The summed E-state index contributed by atoms with van der Waals surface area (Å²) in [6.07, 6.45) is 6.35. The van der Waals surface area contributed by atoms with E-state index in [1.807, 2.05) is 12.1 Å². The molecule has 78 valence electrons. The quantitative estimate of drug-likeness (QED) is 0.643. The Kier molecular flexibility index (Phi) is 2.21. The van der Waals surface area contributed by atoms with Crippen molar-refractivity contribution < 1.29 is 0 Å². The Morgan fingerprint density at radius 1 is 1.07 bits per heavy atom. The predicted octanol–water partition coefficient (Wildman–Crippen LogP) is 4.09. The highest BCUT2D eigenvalue weighted by molar-refractivity contribution is 6.35. The van der Waals surface area contributed by atoms with Crippen molar-refractivity contribution in [3.63, 3.8) is 0 Å². The standard InChI is InChI=1S/C13H14ClN/c14-11-7-4-6-10-9-5-2-1-3-8-12(9)15-13(10)11/h4,6-7,15H,1-3,5,8H2. The van der Waals surface area contributed by atoms with Gasteiger partial charge in [0, 0.05) is 11.1 Å². The average Bonchev–Trinajstić information content (AvgIpc) is 2.45. The maximum atomic E-state index is 6.19. The van der Waals surface area contributed by atoms with Gasteiger partial charge >= 0.3 is 0 Å². The van der Waals surface area contributed by atoms with Gasteiger partial charge in [-0.2, -0.15) is 0 Å². The molecule has 15 heavy (non-hydrogen) atoms. The van der Waals surface area contributed by atoms with Gasteiger partial charge < -0.3 is 4.98 Å². The second-order valence-electron chi connectivity index (χ2n) is 4.31. The molecule has 1 heterocycles. The second-order valence-corrected chi connectivity index (χ2v) is 4.71. The number of H-pyrrole nitrogens is 1. The van der Waals surface area contributed by atoms with Crippen molar-refractivity contribution in [3.05, 3.63) is 34.5 Å². The number of hydrogen-bond acceptors (Lipinski definition) is 0. The summed E-state index contributed by atoms with van der Waals surface area (Å²) < 4.78 is 0. The summed E-state index contributed by atoms with van der Waals surface area (Å²) in [5.74, 6) is 0. The maximum absolute atomic E-state index is 6.19. The van der Waals surface area contributed by atoms with E-state index in [1.54, 1.807) is 0 Å². The summed E-state index contributed by atoms with van der Waals surface area (Å²) in [5.41, 5.74) is 4.05. The highest BCUT2D eigenvalue weighted by atomic mass is 35.5. The molecule has 1 nitrogen and oxygen atoms in total. The van der Waals surface area contributed by atoms with Crippen molar-refractivity contribution in [2.75, 3.05) is 0 Å². The fourth-order valence-corrected chi connectivity index (χ4v) is 2.79. The molecule has 0 bridgehead atoms. The smallest absolute Gasteiger partial charge is 0.0648 e. The molecular weight excluding hydrogens is 206 g/mol. The number of rotatable bonds is 0. The third kappa shape index (κ3) is 1.46. The Balaban J connectivity index is 2.28. The van der Waals surface area contributed by atoms with E-state index >= 15 is 0 Å². The molecule has 1 aliphatic carbocycles. The number of aromatic nitrogens is 1. The average molecular weight is 220 g/mol. The van der Waals surface area contributed by atoms with Gasteiger partial charge in [0.2, 0.25) is 0 Å². The highest BCUT2D eigenvalue weighted by Crippen LogP contribution is 2.31. The third-order valence-electron chi connectivity index (χ3n) is 3.33. The first-order chi connectivity index (χ1) is 7.36. The fourth-order valence-electron chi connectivity index (χ4n) is 2.57. The number of halogens is 1. The van der Waals surface area contributed by atoms with Gasteiger partial charge in [0.05, 0.1) is 10.5 Å². The molecule has 0 radical (unpaired) electrons. The minimum atomic E-state index is 0.848. The lowest BCUT2D eigenvalue weighted by Gasteiger charge is -1.97. The molecule has 3 rings (SSSR count). The van der Waals surface area contributed by atoms with Gasteiger partial charge in [0.1, 0.15) is 0 Å². The van der Waals surface area contributed by atoms with E-state index in [2.05, 4.69) is 11.1 Å². The number of para-hydroxylation sites is 1. The number of aryl methyl sites for hydroxylation is 2. The summed E-state index contributed by atoms with van der Waals surface area (Å²) in [6.45, 7) is 0. The largest absolute Gasteiger partial charge is 0.357 e. The first-order valence-electron chi connectivity index (χ1n) is 5.64. The van der Waals surface area contributed by atoms with Gasteiger partial charge in [-0.25, -0.2) is 0 Å². The van der Waals surface area contributed by atoms with Crippen molar-refractivity contribution in [2.45, 2.75) is 32.1 Å². The van der Waals surface area contributed by atoms with E-state index in [9.17, 15) is 0 Å². The second kappa shape index (κ2) is 3.57. The lowest BCUT2D eigenvalue weighted by Crippen LogP contribution is -1.86. The zero-order valence-electron chi connectivity index (χ0n) is 8.65. The monoisotopic (exact) mass is 219 g/mol. The molecule has 2 aromatic rings. The van der Waals surface area contributed by atoms with Crippen LogP contribution in [0.5, 0.6) is 0 Å². The minimum Gasteiger partial charge on any atom is -0.357 e. The van der Waals surface area contributed by atoms with Crippen LogP contribution < -0.4 is 0 Å². The van der Waals surface area contributed by atoms with Crippen LogP contribution in [-0.2, 0) is 12.8 Å². The van der Waals surface area contributed by atoms with Gasteiger partial charge in [-0.3, -0.25) is 0 Å². The van der Waals surface area contributed by atoms with Crippen LogP contribution in [0, 0.1) is 0 Å². The molecule has 1 aliphatic rings. The minimum absolute atomic E-state index is 0.848. The van der Waals surface area contributed by atoms with E-state index in [0.29, 0.717) is 0 Å². The third-order valence-corrected chi connectivity index (χ3v) is 3.65. The van der Waals surface area contributed by atoms with Gasteiger partial charge in [-0.15, -0.1) is 0 Å². The van der Waals surface area contributed by atoms with E-state index in [0.717, 1.165) is 10.5 Å². The zero-order chi connectivity index (χ0) is 10.3. The Hall–Kier alpha value is -0.950. The molecular formula is C13H14ClN. The van der Waals surface area contributed by atoms with Crippen LogP contribution in [0.4, 0.5) is 0 Å². The lowest BCUT2D eigenvalue weighted by molar-refractivity contribution is 0.708. The summed E-state index contributed by atoms with van der Waals surface area (Å²) in [7, 11) is 0. The molecule has 0 spiro atoms. The molecule has 0 atom stereocenters. The van der Waals surface area contributed by atoms with E-state index in [4.69, 9.17) is 11.6 Å². The van der Waals surface area contributed by atoms with E-state index in [-0.39, 0.29) is 0 Å². The van der Waals surface area contributed by atoms with Crippen LogP contribution in [0.2, 0.25) is 5.02 Å². The van der Waals surface area contributed by atoms with Crippen molar-refractivity contribution >= 4 is 22.5 Å². The summed E-state index contributed by atoms with van der Waals surface area (Å²) in [6, 6.07) is 6.19. The molecule has 0 saturated heterocycles. The molecule has 0 unspecified atom stereocenters. The first kappa shape index (κ1) is 9.29. The molecule has 1 aromatic heterocycles. The normalized spacial score (nSPS) is 16.3. The fraction of sp³-hybridized carbons (Fsp3) is 0.385. The van der Waals surface area contributed by atoms with Crippen molar-refractivity contribution in [2.24, 2.45) is 0 Å². The van der Waals surface area contributed by atoms with Crippen molar-refractivity contribution in [1.82, 2.24) is 4.98 Å². The molecule has 0 saturated carbocycles. The van der Waals surface area contributed by atoms with Crippen molar-refractivity contribution in [3.8, 4) is 0 Å². The highest BCUT2D eigenvalue weighted by Gasteiger charge is 2.14. The van der Waals surface area contributed by atoms with Crippen LogP contribution in [0.1, 0.15) is 30.5 Å². The predicted molar refractivity (Wildman–Crippen MR) is 64.6 cm³/mol. The van der Waals surface area contributed by atoms with Crippen LogP contribution >= 0.6 is 11.6 Å². The molecule has 1 aromatic carbocycles. The maximum Gasteiger partial charge on any atom is 0.0648 e. The summed E-state index contributed by atoms with van der Waals surface area (Å²) >= 11 is 6.19. The Morgan fingerprint density at radius 3 is 2.87 bits per heavy atom. The lowest BCUT2D eigenvalue weighted by atomic mass is 10.1. The van der Waals surface area contributed by atoms with E-state index < -0.39 is 0 Å². The Bertz CT molecular complexity index is 498. The number of nitrogens with one attached hydrogen (secondary N) is 1. The number of fused-ring (bicyclic) bond motifs is 3. The molecule has 0 amide bonds. The molecule has 1 N–H and O–H groups in total. The van der Waals surface area contributed by atoms with Crippen LogP contribution in [0.3, 0.4) is 0 Å². The van der Waals surface area contributed by atoms with Crippen LogP contribution in [0.25, 0.3) is 10.9 Å².